The van der Waals surface area contributed by atoms with E-state index in [1.807, 2.05) is 0 Å². The van der Waals surface area contributed by atoms with Gasteiger partial charge in [-0.25, -0.2) is 0 Å². The first kappa shape index (κ1) is 22.4. The molecule has 0 saturated carbocycles. The molecule has 24 heavy (non-hydrogen) atoms. The highest BCUT2D eigenvalue weighted by atomic mass is 127. The second-order valence-corrected chi connectivity index (χ2v) is 4.57. The van der Waals surface area contributed by atoms with Gasteiger partial charge in [0.25, 0.3) is 0 Å². The molecule has 10 heteroatoms. The molecule has 0 fully saturated rings. The van der Waals surface area contributed by atoms with Gasteiger partial charge >= 0.3 is 6.18 Å². The highest BCUT2D eigenvalue weighted by molar-refractivity contribution is 14.0. The van der Waals surface area contributed by atoms with Gasteiger partial charge in [0, 0.05) is 20.1 Å². The van der Waals surface area contributed by atoms with Crippen LogP contribution in [0.3, 0.4) is 0 Å². The predicted octanol–water partition coefficient (Wildman–Crippen LogP) is 2.64. The molecule has 0 atom stereocenters. The summed E-state index contributed by atoms with van der Waals surface area (Å²) in [5.74, 6) is 0.592. The van der Waals surface area contributed by atoms with Gasteiger partial charge in [0.2, 0.25) is 5.75 Å². The highest BCUT2D eigenvalue weighted by Gasteiger charge is 2.26. The highest BCUT2D eigenvalue weighted by Crippen LogP contribution is 2.36. The molecular formula is C14H21F3IN3O3. The first-order valence-corrected chi connectivity index (χ1v) is 6.76. The Labute approximate surface area is 155 Å². The lowest BCUT2D eigenvalue weighted by molar-refractivity contribution is -0.132. The summed E-state index contributed by atoms with van der Waals surface area (Å²) in [6.45, 7) is -0.00984. The molecule has 0 aliphatic heterocycles. The number of aliphatic imine (C=N–C) groups is 1. The molecule has 0 aliphatic carbocycles. The van der Waals surface area contributed by atoms with Gasteiger partial charge in [-0.2, -0.15) is 13.2 Å². The van der Waals surface area contributed by atoms with Crippen molar-refractivity contribution < 1.29 is 27.8 Å². The van der Waals surface area contributed by atoms with E-state index >= 15 is 0 Å². The van der Waals surface area contributed by atoms with Gasteiger partial charge in [0.05, 0.1) is 20.6 Å². The van der Waals surface area contributed by atoms with E-state index in [-0.39, 0.29) is 60.3 Å². The van der Waals surface area contributed by atoms with Crippen LogP contribution < -0.4 is 20.1 Å². The maximum absolute atomic E-state index is 12.1. The fraction of sp³-hybridized carbons (Fsp3) is 0.500. The molecule has 0 bridgehead atoms. The van der Waals surface area contributed by atoms with Gasteiger partial charge in [0.15, 0.2) is 17.5 Å². The smallest absolute Gasteiger partial charge is 0.390 e. The summed E-state index contributed by atoms with van der Waals surface area (Å²) in [6, 6.07) is 3.18. The average Bonchev–Trinajstić information content (AvgIpc) is 2.50. The third kappa shape index (κ3) is 7.32. The SMILES string of the molecule is CN=C(NCCC(F)(F)F)NCc1cc(OC)c(O)c(OC)c1.I. The average molecular weight is 463 g/mol. The number of rotatable bonds is 6. The zero-order chi connectivity index (χ0) is 17.5. The number of halogens is 4. The predicted molar refractivity (Wildman–Crippen MR) is 95.5 cm³/mol. The van der Waals surface area contributed by atoms with E-state index in [0.717, 1.165) is 0 Å². The number of guanidine groups is 1. The Hall–Kier alpha value is -1.59. The van der Waals surface area contributed by atoms with Crippen LogP contribution in [-0.2, 0) is 6.54 Å². The number of hydrogen-bond acceptors (Lipinski definition) is 4. The monoisotopic (exact) mass is 463 g/mol. The number of ether oxygens (including phenoxy) is 2. The Morgan fingerprint density at radius 3 is 2.12 bits per heavy atom. The summed E-state index contributed by atoms with van der Waals surface area (Å²) in [7, 11) is 4.27. The Morgan fingerprint density at radius 1 is 1.17 bits per heavy atom. The molecule has 1 aromatic rings. The lowest BCUT2D eigenvalue weighted by Crippen LogP contribution is -2.38. The van der Waals surface area contributed by atoms with Crippen molar-refractivity contribution in [2.75, 3.05) is 27.8 Å². The minimum atomic E-state index is -4.22. The second kappa shape index (κ2) is 10.3. The molecule has 1 rings (SSSR count). The van der Waals surface area contributed by atoms with Crippen molar-refractivity contribution >= 4 is 29.9 Å². The molecule has 3 N–H and O–H groups in total. The van der Waals surface area contributed by atoms with Crippen molar-refractivity contribution in [1.29, 1.82) is 0 Å². The second-order valence-electron chi connectivity index (χ2n) is 4.57. The summed E-state index contributed by atoms with van der Waals surface area (Å²) >= 11 is 0. The number of phenols is 1. The van der Waals surface area contributed by atoms with Crippen molar-refractivity contribution in [3.63, 3.8) is 0 Å². The van der Waals surface area contributed by atoms with Gasteiger partial charge in [0.1, 0.15) is 0 Å². The molecule has 0 heterocycles. The summed E-state index contributed by atoms with van der Waals surface area (Å²) in [5.41, 5.74) is 0.704. The van der Waals surface area contributed by atoms with Gasteiger partial charge in [-0.1, -0.05) is 0 Å². The van der Waals surface area contributed by atoms with Gasteiger partial charge in [-0.3, -0.25) is 4.99 Å². The van der Waals surface area contributed by atoms with E-state index in [0.29, 0.717) is 5.56 Å². The van der Waals surface area contributed by atoms with E-state index in [1.54, 1.807) is 12.1 Å². The van der Waals surface area contributed by atoms with Crippen LogP contribution in [0.4, 0.5) is 13.2 Å². The molecule has 0 amide bonds. The quantitative estimate of drug-likeness (QED) is 0.344. The topological polar surface area (TPSA) is 75.1 Å². The molecule has 0 saturated heterocycles. The molecule has 0 aliphatic rings. The zero-order valence-electron chi connectivity index (χ0n) is 13.5. The Kier molecular flexibility index (Phi) is 9.63. The summed E-state index contributed by atoms with van der Waals surface area (Å²) < 4.78 is 46.4. The Bertz CT molecular complexity index is 529. The molecule has 6 nitrogen and oxygen atoms in total. The molecule has 0 radical (unpaired) electrons. The fourth-order valence-corrected chi connectivity index (χ4v) is 1.78. The number of aromatic hydroxyl groups is 1. The minimum Gasteiger partial charge on any atom is -0.502 e. The minimum absolute atomic E-state index is 0. The number of nitrogens with one attached hydrogen (secondary N) is 2. The Balaban J connectivity index is 0.00000529. The van der Waals surface area contributed by atoms with Crippen molar-refractivity contribution in [2.45, 2.75) is 19.1 Å². The molecule has 0 aromatic heterocycles. The van der Waals surface area contributed by atoms with Gasteiger partial charge in [-0.05, 0) is 17.7 Å². The van der Waals surface area contributed by atoms with Crippen LogP contribution in [0, 0.1) is 0 Å². The van der Waals surface area contributed by atoms with E-state index in [2.05, 4.69) is 15.6 Å². The van der Waals surface area contributed by atoms with Crippen LogP contribution in [0.5, 0.6) is 17.2 Å². The maximum atomic E-state index is 12.1. The van der Waals surface area contributed by atoms with Crippen LogP contribution in [-0.4, -0.2) is 45.1 Å². The van der Waals surface area contributed by atoms with E-state index in [9.17, 15) is 18.3 Å². The normalized spacial score (nSPS) is 11.5. The van der Waals surface area contributed by atoms with Crippen LogP contribution in [0.2, 0.25) is 0 Å². The maximum Gasteiger partial charge on any atom is 0.390 e. The first-order chi connectivity index (χ1) is 10.8. The third-order valence-corrected chi connectivity index (χ3v) is 2.92. The number of alkyl halides is 3. The number of methoxy groups -OCH3 is 2. The number of hydrogen-bond donors (Lipinski definition) is 3. The van der Waals surface area contributed by atoms with Crippen LogP contribution in [0.15, 0.2) is 17.1 Å². The molecule has 138 valence electrons. The third-order valence-electron chi connectivity index (χ3n) is 2.92. The zero-order valence-corrected chi connectivity index (χ0v) is 15.9. The van der Waals surface area contributed by atoms with E-state index in [4.69, 9.17) is 9.47 Å². The first-order valence-electron chi connectivity index (χ1n) is 6.76. The van der Waals surface area contributed by atoms with Crippen molar-refractivity contribution in [2.24, 2.45) is 4.99 Å². The summed E-state index contributed by atoms with van der Waals surface area (Å²) in [5, 5.41) is 15.3. The lowest BCUT2D eigenvalue weighted by atomic mass is 10.2. The van der Waals surface area contributed by atoms with Crippen LogP contribution in [0.25, 0.3) is 0 Å². The fourth-order valence-electron chi connectivity index (χ4n) is 1.78. The number of phenolic OH excluding ortho intramolecular Hbond substituents is 1. The number of nitrogens with zero attached hydrogens (tertiary/aromatic N) is 1. The van der Waals surface area contributed by atoms with E-state index in [1.165, 1.54) is 21.3 Å². The van der Waals surface area contributed by atoms with Crippen molar-refractivity contribution in [3.05, 3.63) is 17.7 Å². The van der Waals surface area contributed by atoms with E-state index < -0.39 is 12.6 Å². The molecule has 1 aromatic carbocycles. The Morgan fingerprint density at radius 2 is 1.71 bits per heavy atom. The van der Waals surface area contributed by atoms with Gasteiger partial charge < -0.3 is 25.2 Å². The van der Waals surface area contributed by atoms with Crippen LogP contribution >= 0.6 is 24.0 Å². The van der Waals surface area contributed by atoms with Crippen LogP contribution in [0.1, 0.15) is 12.0 Å². The van der Waals surface area contributed by atoms with Gasteiger partial charge in [-0.15, -0.1) is 24.0 Å². The largest absolute Gasteiger partial charge is 0.502 e. The summed E-state index contributed by atoms with van der Waals surface area (Å²) in [6.07, 6.45) is -5.17. The summed E-state index contributed by atoms with van der Waals surface area (Å²) in [4.78, 5) is 3.84. The lowest BCUT2D eigenvalue weighted by Gasteiger charge is -2.15. The molecular weight excluding hydrogens is 442 g/mol. The molecule has 0 spiro atoms. The van der Waals surface area contributed by atoms with Crippen molar-refractivity contribution in [1.82, 2.24) is 10.6 Å². The van der Waals surface area contributed by atoms with Crippen molar-refractivity contribution in [3.8, 4) is 17.2 Å². The number of benzene rings is 1. The standard InChI is InChI=1S/C14H20F3N3O3.HI/c1-18-13(19-5-4-14(15,16)17)20-8-9-6-10(22-2)12(21)11(7-9)23-3;/h6-7,21H,4-5,8H2,1-3H3,(H2,18,19,20);1H. The molecule has 0 unspecified atom stereocenters.